The number of rotatable bonds is 3. The van der Waals surface area contributed by atoms with Gasteiger partial charge in [0.05, 0.1) is 11.6 Å². The van der Waals surface area contributed by atoms with Crippen LogP contribution in [-0.4, -0.2) is 46.9 Å². The number of halogens is 1. The Bertz CT molecular complexity index is 840. The number of hydrogen-bond donors (Lipinski definition) is 2. The third-order valence-electron chi connectivity index (χ3n) is 3.36. The molecule has 0 unspecified atom stereocenters. The van der Waals surface area contributed by atoms with Gasteiger partial charge in [0.15, 0.2) is 0 Å². The predicted octanol–water partition coefficient (Wildman–Crippen LogP) is 0.163. The maximum absolute atomic E-state index is 12.6. The van der Waals surface area contributed by atoms with Crippen LogP contribution in [0.2, 0.25) is 5.02 Å². The zero-order valence-electron chi connectivity index (χ0n) is 10.7. The SMILES string of the molecule is NC(=O)c1cc2cc(Cl)ccc2n1S(=O)(=O)N1CC(O)C1. The number of amides is 1. The first kappa shape index (κ1) is 14.3. The van der Waals surface area contributed by atoms with E-state index >= 15 is 0 Å². The van der Waals surface area contributed by atoms with E-state index in [1.807, 2.05) is 0 Å². The highest BCUT2D eigenvalue weighted by Gasteiger charge is 2.38. The lowest BCUT2D eigenvalue weighted by Gasteiger charge is -2.35. The van der Waals surface area contributed by atoms with Gasteiger partial charge in [0.1, 0.15) is 5.69 Å². The van der Waals surface area contributed by atoms with Crippen LogP contribution in [0.15, 0.2) is 24.3 Å². The minimum Gasteiger partial charge on any atom is -0.390 e. The molecule has 0 bridgehead atoms. The van der Waals surface area contributed by atoms with Crippen molar-refractivity contribution in [1.29, 1.82) is 0 Å². The van der Waals surface area contributed by atoms with E-state index in [-0.39, 0.29) is 18.8 Å². The van der Waals surface area contributed by atoms with Gasteiger partial charge in [-0.15, -0.1) is 0 Å². The Kier molecular flexibility index (Phi) is 3.21. The van der Waals surface area contributed by atoms with Crippen LogP contribution in [0.1, 0.15) is 10.5 Å². The lowest BCUT2D eigenvalue weighted by Crippen LogP contribution is -2.55. The van der Waals surface area contributed by atoms with Gasteiger partial charge in [-0.25, -0.2) is 3.97 Å². The molecule has 1 aromatic carbocycles. The number of fused-ring (bicyclic) bond motifs is 1. The van der Waals surface area contributed by atoms with Crippen LogP contribution in [0.5, 0.6) is 0 Å². The van der Waals surface area contributed by atoms with Crippen LogP contribution in [0.25, 0.3) is 10.9 Å². The van der Waals surface area contributed by atoms with Crippen molar-refractivity contribution in [3.05, 3.63) is 35.0 Å². The largest absolute Gasteiger partial charge is 0.390 e. The molecule has 1 fully saturated rings. The van der Waals surface area contributed by atoms with E-state index in [1.54, 1.807) is 6.07 Å². The summed E-state index contributed by atoms with van der Waals surface area (Å²) in [4.78, 5) is 11.6. The highest BCUT2D eigenvalue weighted by molar-refractivity contribution is 7.87. The smallest absolute Gasteiger partial charge is 0.308 e. The first-order valence-corrected chi connectivity index (χ1v) is 7.87. The molecule has 1 amide bonds. The van der Waals surface area contributed by atoms with Gasteiger partial charge in [-0.3, -0.25) is 4.79 Å². The average Bonchev–Trinajstić information content (AvgIpc) is 2.74. The summed E-state index contributed by atoms with van der Waals surface area (Å²) in [5.41, 5.74) is 5.44. The standard InChI is InChI=1S/C12H12ClN3O4S/c13-8-1-2-10-7(3-8)4-11(12(14)18)16(10)21(19,20)15-5-9(17)6-15/h1-4,9,17H,5-6H2,(H2,14,18). The molecule has 0 spiro atoms. The molecule has 1 aromatic heterocycles. The fourth-order valence-corrected chi connectivity index (χ4v) is 4.24. The molecule has 9 heteroatoms. The third-order valence-corrected chi connectivity index (χ3v) is 5.40. The molecule has 0 saturated carbocycles. The van der Waals surface area contributed by atoms with Crippen LogP contribution in [-0.2, 0) is 10.2 Å². The molecule has 2 heterocycles. The van der Waals surface area contributed by atoms with E-state index in [0.717, 1.165) is 8.28 Å². The molecule has 0 radical (unpaired) electrons. The van der Waals surface area contributed by atoms with Crippen LogP contribution in [0.4, 0.5) is 0 Å². The van der Waals surface area contributed by atoms with E-state index in [1.165, 1.54) is 18.2 Å². The topological polar surface area (TPSA) is 106 Å². The van der Waals surface area contributed by atoms with Crippen molar-refractivity contribution in [3.63, 3.8) is 0 Å². The van der Waals surface area contributed by atoms with Crippen molar-refractivity contribution in [3.8, 4) is 0 Å². The van der Waals surface area contributed by atoms with Gasteiger partial charge in [0.2, 0.25) is 0 Å². The molecule has 21 heavy (non-hydrogen) atoms. The number of aromatic nitrogens is 1. The molecule has 3 N–H and O–H groups in total. The number of nitrogens with zero attached hydrogens (tertiary/aromatic N) is 2. The van der Waals surface area contributed by atoms with Crippen molar-refractivity contribution in [2.45, 2.75) is 6.10 Å². The Morgan fingerprint density at radius 3 is 2.57 bits per heavy atom. The van der Waals surface area contributed by atoms with E-state index in [2.05, 4.69) is 0 Å². The van der Waals surface area contributed by atoms with Crippen LogP contribution in [0, 0.1) is 0 Å². The first-order chi connectivity index (χ1) is 9.80. The van der Waals surface area contributed by atoms with Crippen molar-refractivity contribution in [2.75, 3.05) is 13.1 Å². The summed E-state index contributed by atoms with van der Waals surface area (Å²) in [6.45, 7) is -0.0123. The number of aliphatic hydroxyl groups is 1. The Labute approximate surface area is 125 Å². The van der Waals surface area contributed by atoms with Gasteiger partial charge in [0, 0.05) is 23.5 Å². The summed E-state index contributed by atoms with van der Waals surface area (Å²) in [6, 6.07) is 5.99. The summed E-state index contributed by atoms with van der Waals surface area (Å²) in [5.74, 6) is -0.855. The lowest BCUT2D eigenvalue weighted by atomic mass is 10.2. The summed E-state index contributed by atoms with van der Waals surface area (Å²) >= 11 is 5.88. The number of aliphatic hydroxyl groups excluding tert-OH is 1. The molecule has 112 valence electrons. The minimum absolute atomic E-state index is 0.00615. The highest BCUT2D eigenvalue weighted by Crippen LogP contribution is 2.27. The number of primary amides is 1. The second-order valence-corrected chi connectivity index (χ2v) is 7.05. The zero-order chi connectivity index (χ0) is 15.4. The van der Waals surface area contributed by atoms with E-state index < -0.39 is 22.2 Å². The number of hydrogen-bond acceptors (Lipinski definition) is 4. The van der Waals surface area contributed by atoms with Gasteiger partial charge in [-0.05, 0) is 24.3 Å². The average molecular weight is 330 g/mol. The number of carbonyl (C=O) groups is 1. The van der Waals surface area contributed by atoms with Crippen molar-refractivity contribution in [1.82, 2.24) is 8.28 Å². The van der Waals surface area contributed by atoms with Crippen molar-refractivity contribution in [2.24, 2.45) is 5.73 Å². The predicted molar refractivity (Wildman–Crippen MR) is 77.4 cm³/mol. The first-order valence-electron chi connectivity index (χ1n) is 6.10. The van der Waals surface area contributed by atoms with Crippen LogP contribution in [0.3, 0.4) is 0 Å². The fourth-order valence-electron chi connectivity index (χ4n) is 2.30. The summed E-state index contributed by atoms with van der Waals surface area (Å²) in [5, 5.41) is 10.2. The van der Waals surface area contributed by atoms with E-state index in [9.17, 15) is 18.3 Å². The molecule has 1 aliphatic heterocycles. The van der Waals surface area contributed by atoms with E-state index in [0.29, 0.717) is 15.9 Å². The van der Waals surface area contributed by atoms with Crippen molar-refractivity contribution < 1.29 is 18.3 Å². The quantitative estimate of drug-likeness (QED) is 0.836. The Morgan fingerprint density at radius 1 is 1.33 bits per heavy atom. The van der Waals surface area contributed by atoms with Crippen molar-refractivity contribution >= 4 is 38.6 Å². The Hall–Kier alpha value is -1.61. The second-order valence-electron chi connectivity index (χ2n) is 4.84. The summed E-state index contributed by atoms with van der Waals surface area (Å²) in [7, 11) is -3.96. The van der Waals surface area contributed by atoms with Crippen LogP contribution >= 0.6 is 11.6 Å². The minimum atomic E-state index is -3.96. The Morgan fingerprint density at radius 2 is 2.00 bits per heavy atom. The number of β-amino-alcohol motifs (C(OH)–C–C–N with tert-alkyl or cyclic N) is 1. The van der Waals surface area contributed by atoms with Gasteiger partial charge in [0.25, 0.3) is 5.91 Å². The van der Waals surface area contributed by atoms with Gasteiger partial charge < -0.3 is 10.8 Å². The Balaban J connectivity index is 2.25. The molecular weight excluding hydrogens is 318 g/mol. The number of benzene rings is 1. The number of carbonyl (C=O) groups excluding carboxylic acids is 1. The van der Waals surface area contributed by atoms with Crippen LogP contribution < -0.4 is 5.73 Å². The van der Waals surface area contributed by atoms with Gasteiger partial charge in [-0.2, -0.15) is 12.7 Å². The molecule has 0 aliphatic carbocycles. The summed E-state index contributed by atoms with van der Waals surface area (Å²) in [6.07, 6.45) is -0.687. The molecule has 1 saturated heterocycles. The monoisotopic (exact) mass is 329 g/mol. The molecule has 7 nitrogen and oxygen atoms in total. The molecule has 3 rings (SSSR count). The molecular formula is C12H12ClN3O4S. The fraction of sp³-hybridized carbons (Fsp3) is 0.250. The summed E-state index contributed by atoms with van der Waals surface area (Å²) < 4.78 is 27.1. The number of nitrogens with two attached hydrogens (primary N) is 1. The van der Waals surface area contributed by atoms with Gasteiger partial charge >= 0.3 is 10.2 Å². The zero-order valence-corrected chi connectivity index (χ0v) is 12.3. The lowest BCUT2D eigenvalue weighted by molar-refractivity contribution is 0.0541. The molecule has 2 aromatic rings. The van der Waals surface area contributed by atoms with Gasteiger partial charge in [-0.1, -0.05) is 11.6 Å². The molecule has 0 atom stereocenters. The third kappa shape index (κ3) is 2.20. The highest BCUT2D eigenvalue weighted by atomic mass is 35.5. The van der Waals surface area contributed by atoms with E-state index in [4.69, 9.17) is 17.3 Å². The molecule has 1 aliphatic rings. The maximum atomic E-state index is 12.6. The normalized spacial score (nSPS) is 17.0. The second kappa shape index (κ2) is 4.70. The maximum Gasteiger partial charge on any atom is 0.308 e.